The van der Waals surface area contributed by atoms with E-state index >= 15 is 0 Å². The van der Waals surface area contributed by atoms with Crippen LogP contribution in [0.3, 0.4) is 0 Å². The van der Waals surface area contributed by atoms with Gasteiger partial charge < -0.3 is 21.3 Å². The predicted molar refractivity (Wildman–Crippen MR) is 82.5 cm³/mol. The van der Waals surface area contributed by atoms with Gasteiger partial charge in [0, 0.05) is 0 Å². The minimum absolute atomic E-state index is 0.0303. The van der Waals surface area contributed by atoms with Crippen molar-refractivity contribution in [3.63, 3.8) is 0 Å². The van der Waals surface area contributed by atoms with Gasteiger partial charge in [-0.25, -0.2) is 4.98 Å². The number of Topliss-reactive ketones (excluding diaryl/α,β-unsaturated/α-hetero) is 1. The molecule has 2 rings (SSSR count). The molecule has 10 nitrogen and oxygen atoms in total. The Hall–Kier alpha value is -2.30. The van der Waals surface area contributed by atoms with Gasteiger partial charge in [-0.1, -0.05) is 13.8 Å². The highest BCUT2D eigenvalue weighted by Crippen LogP contribution is 2.19. The number of imidazole rings is 1. The third-order valence-electron chi connectivity index (χ3n) is 3.36. The minimum atomic E-state index is -1.15. The summed E-state index contributed by atoms with van der Waals surface area (Å²) in [4.78, 5) is 34.7. The molecule has 0 bridgehead atoms. The molecule has 0 fully saturated rings. The van der Waals surface area contributed by atoms with Crippen molar-refractivity contribution < 1.29 is 14.6 Å². The quantitative estimate of drug-likeness (QED) is 0.491. The van der Waals surface area contributed by atoms with Gasteiger partial charge in [0.1, 0.15) is 0 Å². The second-order valence-electron chi connectivity index (χ2n) is 5.39. The van der Waals surface area contributed by atoms with E-state index in [-0.39, 0.29) is 36.2 Å². The lowest BCUT2D eigenvalue weighted by molar-refractivity contribution is -0.139. The van der Waals surface area contributed by atoms with Crippen LogP contribution in [0.5, 0.6) is 0 Å². The number of aromatic amines is 1. The average molecular weight is 324 g/mol. The van der Waals surface area contributed by atoms with E-state index in [1.807, 2.05) is 0 Å². The summed E-state index contributed by atoms with van der Waals surface area (Å²) >= 11 is 0. The first-order valence-corrected chi connectivity index (χ1v) is 7.11. The van der Waals surface area contributed by atoms with Gasteiger partial charge >= 0.3 is 0 Å². The Morgan fingerprint density at radius 3 is 2.83 bits per heavy atom. The summed E-state index contributed by atoms with van der Waals surface area (Å²) in [6.45, 7) is 3.25. The zero-order chi connectivity index (χ0) is 17.1. The molecule has 0 saturated carbocycles. The molecule has 2 atom stereocenters. The summed E-state index contributed by atoms with van der Waals surface area (Å²) in [6.07, 6.45) is 0.109. The van der Waals surface area contributed by atoms with Crippen LogP contribution in [0.4, 0.5) is 5.95 Å². The van der Waals surface area contributed by atoms with E-state index in [0.29, 0.717) is 0 Å². The van der Waals surface area contributed by atoms with E-state index in [2.05, 4.69) is 15.0 Å². The minimum Gasteiger partial charge on any atom is -0.394 e. The summed E-state index contributed by atoms with van der Waals surface area (Å²) < 4.78 is 6.70. The molecule has 6 N–H and O–H groups in total. The smallest absolute Gasteiger partial charge is 0.280 e. The molecule has 0 aromatic carbocycles. The van der Waals surface area contributed by atoms with Gasteiger partial charge in [-0.3, -0.25) is 19.1 Å². The third-order valence-corrected chi connectivity index (χ3v) is 3.36. The lowest BCUT2D eigenvalue weighted by Gasteiger charge is -2.23. The fraction of sp³-hybridized carbons (Fsp3) is 0.538. The van der Waals surface area contributed by atoms with E-state index in [9.17, 15) is 9.59 Å². The normalized spacial score (nSPS) is 14.3. The molecule has 2 aromatic rings. The van der Waals surface area contributed by atoms with Gasteiger partial charge in [0.2, 0.25) is 5.95 Å². The lowest BCUT2D eigenvalue weighted by Crippen LogP contribution is -2.41. The topological polar surface area (TPSA) is 162 Å². The number of carbonyl (C=O) groups excluding carboxylic acids is 1. The molecule has 0 amide bonds. The maximum absolute atomic E-state index is 12.6. The number of nitrogens with one attached hydrogen (secondary N) is 1. The number of anilines is 1. The molecule has 0 spiro atoms. The van der Waals surface area contributed by atoms with E-state index < -0.39 is 23.6 Å². The first-order chi connectivity index (χ1) is 10.9. The third kappa shape index (κ3) is 3.38. The van der Waals surface area contributed by atoms with Crippen LogP contribution in [-0.2, 0) is 9.53 Å². The van der Waals surface area contributed by atoms with Gasteiger partial charge in [0.05, 0.1) is 25.6 Å². The number of nitrogens with two attached hydrogens (primary N) is 2. The van der Waals surface area contributed by atoms with Crippen LogP contribution in [-0.4, -0.2) is 49.7 Å². The maximum Gasteiger partial charge on any atom is 0.280 e. The van der Waals surface area contributed by atoms with Crippen LogP contribution in [0.2, 0.25) is 0 Å². The molecule has 0 aliphatic rings. The van der Waals surface area contributed by atoms with Gasteiger partial charge in [0.25, 0.3) is 5.56 Å². The Balaban J connectivity index is 2.51. The van der Waals surface area contributed by atoms with E-state index in [1.165, 1.54) is 10.9 Å². The molecule has 0 radical (unpaired) electrons. The zero-order valence-corrected chi connectivity index (χ0v) is 12.9. The summed E-state index contributed by atoms with van der Waals surface area (Å²) in [5, 5.41) is 8.96. The molecule has 10 heteroatoms. The number of rotatable bonds is 7. The monoisotopic (exact) mass is 324 g/mol. The Bertz CT molecular complexity index is 752. The number of nitrogens with zero attached hydrogens (tertiary/aromatic N) is 3. The molecule has 0 aliphatic heterocycles. The van der Waals surface area contributed by atoms with Crippen molar-refractivity contribution in [1.29, 1.82) is 0 Å². The SMILES string of the molecule is CC(C)[C@H](N)C(=O)C(OCCO)n1cnc2c(=O)[nH]c(N)nc21. The predicted octanol–water partition coefficient (Wildman–Crippen LogP) is -1.24. The molecule has 0 aliphatic carbocycles. The number of ether oxygens (including phenoxy) is 1. The highest BCUT2D eigenvalue weighted by Gasteiger charge is 2.30. The summed E-state index contributed by atoms with van der Waals surface area (Å²) in [5.41, 5.74) is 11.1. The standard InChI is InChI=1S/C13H20N6O4/c1-6(2)7(14)9(21)12(23-4-3-20)19-5-16-8-10(19)17-13(15)18-11(8)22/h5-7,12,20H,3-4,14H2,1-2H3,(H3,15,17,18,22)/t7-,12?/m0/s1. The molecule has 0 saturated heterocycles. The van der Waals surface area contributed by atoms with E-state index in [1.54, 1.807) is 13.8 Å². The van der Waals surface area contributed by atoms with Crippen LogP contribution in [0.15, 0.2) is 11.1 Å². The summed E-state index contributed by atoms with van der Waals surface area (Å²) in [6, 6.07) is -0.782. The molecular formula is C13H20N6O4. The Morgan fingerprint density at radius 2 is 2.22 bits per heavy atom. The van der Waals surface area contributed by atoms with Crippen molar-refractivity contribution in [2.45, 2.75) is 26.1 Å². The number of fused-ring (bicyclic) bond motifs is 1. The second-order valence-corrected chi connectivity index (χ2v) is 5.39. The van der Waals surface area contributed by atoms with Gasteiger partial charge in [-0.2, -0.15) is 4.98 Å². The largest absolute Gasteiger partial charge is 0.394 e. The number of aliphatic hydroxyl groups is 1. The van der Waals surface area contributed by atoms with Crippen molar-refractivity contribution in [1.82, 2.24) is 19.5 Å². The summed E-state index contributed by atoms with van der Waals surface area (Å²) in [7, 11) is 0. The van der Waals surface area contributed by atoms with Gasteiger partial charge in [-0.05, 0) is 5.92 Å². The number of carbonyl (C=O) groups is 1. The van der Waals surface area contributed by atoms with Crippen LogP contribution in [0, 0.1) is 5.92 Å². The molecule has 23 heavy (non-hydrogen) atoms. The highest BCUT2D eigenvalue weighted by molar-refractivity contribution is 5.88. The highest BCUT2D eigenvalue weighted by atomic mass is 16.5. The fourth-order valence-corrected chi connectivity index (χ4v) is 2.07. The van der Waals surface area contributed by atoms with Gasteiger partial charge in [0.15, 0.2) is 23.2 Å². The van der Waals surface area contributed by atoms with Crippen LogP contribution >= 0.6 is 0 Å². The Labute approximate surface area is 131 Å². The van der Waals surface area contributed by atoms with Crippen molar-refractivity contribution in [2.75, 3.05) is 18.9 Å². The van der Waals surface area contributed by atoms with E-state index in [4.69, 9.17) is 21.3 Å². The fourth-order valence-electron chi connectivity index (χ4n) is 2.07. The number of hydrogen-bond donors (Lipinski definition) is 4. The number of aromatic nitrogens is 4. The van der Waals surface area contributed by atoms with Crippen LogP contribution in [0.25, 0.3) is 11.2 Å². The number of aliphatic hydroxyl groups excluding tert-OH is 1. The van der Waals surface area contributed by atoms with Crippen LogP contribution in [0.1, 0.15) is 20.1 Å². The number of nitrogen functional groups attached to an aromatic ring is 1. The van der Waals surface area contributed by atoms with Crippen molar-refractivity contribution >= 4 is 22.9 Å². The second kappa shape index (κ2) is 6.86. The number of H-pyrrole nitrogens is 1. The maximum atomic E-state index is 12.6. The zero-order valence-electron chi connectivity index (χ0n) is 12.9. The first-order valence-electron chi connectivity index (χ1n) is 7.11. The Morgan fingerprint density at radius 1 is 1.52 bits per heavy atom. The van der Waals surface area contributed by atoms with Gasteiger partial charge in [-0.15, -0.1) is 0 Å². The lowest BCUT2D eigenvalue weighted by atomic mass is 10.00. The van der Waals surface area contributed by atoms with Crippen molar-refractivity contribution in [3.05, 3.63) is 16.7 Å². The molecule has 2 heterocycles. The van der Waals surface area contributed by atoms with Crippen molar-refractivity contribution in [2.24, 2.45) is 11.7 Å². The molecule has 1 unspecified atom stereocenters. The summed E-state index contributed by atoms with van der Waals surface area (Å²) in [5.74, 6) is -0.627. The Kier molecular flexibility index (Phi) is 5.08. The number of hydrogen-bond acceptors (Lipinski definition) is 8. The molecular weight excluding hydrogens is 304 g/mol. The van der Waals surface area contributed by atoms with Crippen LogP contribution < -0.4 is 17.0 Å². The molecule has 2 aromatic heterocycles. The molecule has 126 valence electrons. The van der Waals surface area contributed by atoms with Crippen molar-refractivity contribution in [3.8, 4) is 0 Å². The van der Waals surface area contributed by atoms with E-state index in [0.717, 1.165) is 0 Å². The average Bonchev–Trinajstić information content (AvgIpc) is 2.90. The first kappa shape index (κ1) is 17.1. The number of ketones is 1.